The Kier molecular flexibility index (Phi) is 3.96. The lowest BCUT2D eigenvalue weighted by Gasteiger charge is -2.38. The Hall–Kier alpha value is -2.74. The van der Waals surface area contributed by atoms with Crippen molar-refractivity contribution in [3.63, 3.8) is 0 Å². The van der Waals surface area contributed by atoms with Gasteiger partial charge in [-0.1, -0.05) is 28.9 Å². The normalized spacial score (nSPS) is 14.6. The van der Waals surface area contributed by atoms with E-state index in [-0.39, 0.29) is 11.8 Å². The Morgan fingerprint density at radius 2 is 2.12 bits per heavy atom. The summed E-state index contributed by atoms with van der Waals surface area (Å²) in [5.41, 5.74) is 1.99. The number of para-hydroxylation sites is 1. The third-order valence-electron chi connectivity index (χ3n) is 4.26. The Morgan fingerprint density at radius 3 is 2.88 bits per heavy atom. The molecule has 0 spiro atoms. The van der Waals surface area contributed by atoms with Crippen LogP contribution in [0.1, 0.15) is 6.92 Å². The van der Waals surface area contributed by atoms with Crippen LogP contribution in [0.2, 0.25) is 5.02 Å². The Bertz CT molecular complexity index is 935. The number of halogens is 1. The van der Waals surface area contributed by atoms with E-state index < -0.39 is 0 Å². The fraction of sp³-hybridized carbons (Fsp3) is 0.312. The van der Waals surface area contributed by atoms with Crippen molar-refractivity contribution < 1.29 is 4.79 Å². The van der Waals surface area contributed by atoms with Gasteiger partial charge in [-0.3, -0.25) is 4.79 Å². The van der Waals surface area contributed by atoms with Gasteiger partial charge in [-0.05, 0) is 19.1 Å². The van der Waals surface area contributed by atoms with Crippen LogP contribution >= 0.6 is 11.6 Å². The lowest BCUT2D eigenvalue weighted by molar-refractivity contribution is -0.120. The second kappa shape index (κ2) is 6.29. The number of aromatic nitrogens is 5. The molecule has 0 bridgehead atoms. The number of anilines is 2. The van der Waals surface area contributed by atoms with E-state index in [1.165, 1.54) is 6.33 Å². The van der Waals surface area contributed by atoms with Gasteiger partial charge in [0.1, 0.15) is 6.33 Å². The van der Waals surface area contributed by atoms with Gasteiger partial charge >= 0.3 is 0 Å². The zero-order valence-electron chi connectivity index (χ0n) is 13.6. The molecule has 128 valence electrons. The molecule has 3 aromatic rings. The highest BCUT2D eigenvalue weighted by Crippen LogP contribution is 2.29. The molecule has 1 amide bonds. The number of carbonyl (C=O) groups excluding carboxylic acids is 1. The standard InChI is InChI=1S/C16H16ClN7O/c1-2-24-15-13(21-22-24)14(18-9-19-15)23-7-10(8-23)16(25)20-12-6-4-3-5-11(12)17/h3-6,9-10H,2,7-8H2,1H3,(H,20,25). The second-order valence-corrected chi connectivity index (χ2v) is 6.25. The van der Waals surface area contributed by atoms with Gasteiger partial charge in [-0.25, -0.2) is 14.6 Å². The molecule has 0 aliphatic carbocycles. The molecule has 0 radical (unpaired) electrons. The van der Waals surface area contributed by atoms with Gasteiger partial charge in [0.2, 0.25) is 5.91 Å². The van der Waals surface area contributed by atoms with Crippen LogP contribution in [0.4, 0.5) is 11.5 Å². The van der Waals surface area contributed by atoms with Crippen LogP contribution in [0.3, 0.4) is 0 Å². The van der Waals surface area contributed by atoms with E-state index in [9.17, 15) is 4.79 Å². The maximum atomic E-state index is 12.4. The first kappa shape index (κ1) is 15.8. The van der Waals surface area contributed by atoms with Crippen LogP contribution in [-0.4, -0.2) is 44.0 Å². The zero-order chi connectivity index (χ0) is 17.4. The molecule has 1 aliphatic rings. The monoisotopic (exact) mass is 357 g/mol. The third kappa shape index (κ3) is 2.78. The van der Waals surface area contributed by atoms with Crippen molar-refractivity contribution >= 4 is 40.2 Å². The number of nitrogens with one attached hydrogen (secondary N) is 1. The van der Waals surface area contributed by atoms with E-state index in [4.69, 9.17) is 11.6 Å². The van der Waals surface area contributed by atoms with E-state index in [0.29, 0.717) is 47.3 Å². The molecule has 0 unspecified atom stereocenters. The van der Waals surface area contributed by atoms with E-state index in [1.807, 2.05) is 24.0 Å². The first-order valence-electron chi connectivity index (χ1n) is 8.02. The fourth-order valence-corrected chi connectivity index (χ4v) is 3.02. The van der Waals surface area contributed by atoms with Gasteiger partial charge in [0, 0.05) is 19.6 Å². The summed E-state index contributed by atoms with van der Waals surface area (Å²) in [5.74, 6) is 0.542. The van der Waals surface area contributed by atoms with Gasteiger partial charge in [0.05, 0.1) is 16.6 Å². The number of hydrogen-bond acceptors (Lipinski definition) is 6. The molecule has 1 saturated heterocycles. The fourth-order valence-electron chi connectivity index (χ4n) is 2.84. The molecule has 1 aliphatic heterocycles. The topological polar surface area (TPSA) is 88.8 Å². The Morgan fingerprint density at radius 1 is 1.32 bits per heavy atom. The number of nitrogens with zero attached hydrogens (tertiary/aromatic N) is 6. The molecule has 0 saturated carbocycles. The maximum Gasteiger partial charge on any atom is 0.231 e. The van der Waals surface area contributed by atoms with Gasteiger partial charge in [-0.15, -0.1) is 5.10 Å². The van der Waals surface area contributed by atoms with Crippen molar-refractivity contribution in [3.05, 3.63) is 35.6 Å². The quantitative estimate of drug-likeness (QED) is 0.768. The molecule has 1 fully saturated rings. The van der Waals surface area contributed by atoms with Crippen molar-refractivity contribution in [2.24, 2.45) is 5.92 Å². The summed E-state index contributed by atoms with van der Waals surface area (Å²) in [5, 5.41) is 11.6. The van der Waals surface area contributed by atoms with Crippen LogP contribution in [0.5, 0.6) is 0 Å². The van der Waals surface area contributed by atoms with E-state index in [2.05, 4.69) is 25.6 Å². The van der Waals surface area contributed by atoms with Crippen molar-refractivity contribution in [3.8, 4) is 0 Å². The van der Waals surface area contributed by atoms with Crippen LogP contribution in [0, 0.1) is 5.92 Å². The van der Waals surface area contributed by atoms with E-state index in [1.54, 1.807) is 16.8 Å². The Balaban J connectivity index is 1.46. The van der Waals surface area contributed by atoms with Crippen LogP contribution in [0.25, 0.3) is 11.2 Å². The third-order valence-corrected chi connectivity index (χ3v) is 4.59. The molecule has 4 rings (SSSR count). The summed E-state index contributed by atoms with van der Waals surface area (Å²) in [7, 11) is 0. The van der Waals surface area contributed by atoms with Crippen LogP contribution in [-0.2, 0) is 11.3 Å². The summed E-state index contributed by atoms with van der Waals surface area (Å²) in [4.78, 5) is 22.9. The van der Waals surface area contributed by atoms with Crippen molar-refractivity contribution in [1.82, 2.24) is 25.0 Å². The van der Waals surface area contributed by atoms with Crippen molar-refractivity contribution in [1.29, 1.82) is 0 Å². The average Bonchev–Trinajstić information content (AvgIpc) is 2.99. The van der Waals surface area contributed by atoms with Crippen LogP contribution in [0.15, 0.2) is 30.6 Å². The minimum atomic E-state index is -0.123. The minimum Gasteiger partial charge on any atom is -0.353 e. The zero-order valence-corrected chi connectivity index (χ0v) is 14.3. The van der Waals surface area contributed by atoms with Crippen molar-refractivity contribution in [2.45, 2.75) is 13.5 Å². The molecule has 2 aromatic heterocycles. The summed E-state index contributed by atoms with van der Waals surface area (Å²) in [6.07, 6.45) is 1.50. The van der Waals surface area contributed by atoms with E-state index >= 15 is 0 Å². The predicted molar refractivity (Wildman–Crippen MR) is 94.6 cm³/mol. The van der Waals surface area contributed by atoms with Gasteiger partial charge < -0.3 is 10.2 Å². The number of carbonyl (C=O) groups is 1. The maximum absolute atomic E-state index is 12.4. The molecular formula is C16H16ClN7O. The molecule has 9 heteroatoms. The SMILES string of the molecule is CCn1nnc2c(N3CC(C(=O)Nc4ccccc4Cl)C3)ncnc21. The second-order valence-electron chi connectivity index (χ2n) is 5.85. The van der Waals surface area contributed by atoms with Gasteiger partial charge in [0.15, 0.2) is 17.0 Å². The van der Waals surface area contributed by atoms with Crippen LogP contribution < -0.4 is 10.2 Å². The number of hydrogen-bond donors (Lipinski definition) is 1. The average molecular weight is 358 g/mol. The summed E-state index contributed by atoms with van der Waals surface area (Å²) >= 11 is 6.08. The summed E-state index contributed by atoms with van der Waals surface area (Å²) < 4.78 is 1.72. The molecule has 8 nitrogen and oxygen atoms in total. The summed E-state index contributed by atoms with van der Waals surface area (Å²) in [6, 6.07) is 7.20. The number of aryl methyl sites for hydroxylation is 1. The number of fused-ring (bicyclic) bond motifs is 1. The highest BCUT2D eigenvalue weighted by atomic mass is 35.5. The highest BCUT2D eigenvalue weighted by Gasteiger charge is 2.35. The predicted octanol–water partition coefficient (Wildman–Crippen LogP) is 1.97. The Labute approximate surface area is 148 Å². The molecule has 3 heterocycles. The molecule has 0 atom stereocenters. The number of amides is 1. The molecule has 1 N–H and O–H groups in total. The van der Waals surface area contributed by atoms with Gasteiger partial charge in [-0.2, -0.15) is 0 Å². The largest absolute Gasteiger partial charge is 0.353 e. The number of rotatable bonds is 4. The highest BCUT2D eigenvalue weighted by molar-refractivity contribution is 6.33. The van der Waals surface area contributed by atoms with Crippen molar-refractivity contribution in [2.75, 3.05) is 23.3 Å². The smallest absolute Gasteiger partial charge is 0.231 e. The van der Waals surface area contributed by atoms with Gasteiger partial charge in [0.25, 0.3) is 0 Å². The minimum absolute atomic E-state index is 0.0492. The molecule has 1 aromatic carbocycles. The molecular weight excluding hydrogens is 342 g/mol. The first-order valence-corrected chi connectivity index (χ1v) is 8.39. The first-order chi connectivity index (χ1) is 12.2. The lowest BCUT2D eigenvalue weighted by Crippen LogP contribution is -2.52. The number of benzene rings is 1. The van der Waals surface area contributed by atoms with E-state index in [0.717, 1.165) is 0 Å². The lowest BCUT2D eigenvalue weighted by atomic mass is 9.99. The molecule has 25 heavy (non-hydrogen) atoms. The summed E-state index contributed by atoms with van der Waals surface area (Å²) in [6.45, 7) is 3.81.